The Morgan fingerprint density at radius 2 is 1.17 bits per heavy atom. The summed E-state index contributed by atoms with van der Waals surface area (Å²) in [6.45, 7) is 2.26. The Labute approximate surface area is 161 Å². The second-order valence-electron chi connectivity index (χ2n) is 6.21. The first-order chi connectivity index (χ1) is 11.2. The van der Waals surface area contributed by atoms with Crippen molar-refractivity contribution in [2.24, 2.45) is 0 Å². The largest absolute Gasteiger partial charge is 0.870 e. The number of aliphatic carboxylic acids is 1. The van der Waals surface area contributed by atoms with Gasteiger partial charge >= 0.3 is 31.0 Å². The van der Waals surface area contributed by atoms with Gasteiger partial charge in [-0.15, -0.1) is 0 Å². The minimum Gasteiger partial charge on any atom is -0.870 e. The van der Waals surface area contributed by atoms with E-state index in [-0.39, 0.29) is 33.0 Å². The standard InChI is InChI=1S/C18H34O2.2CH3.H2O.Sn/c1-2-3-4-5-6-7-8-9-10-11-12-13-14-15-16-17-18(19)20;;;;/h9-10H,2-8,11-17H2,1H3,(H,19,20);2*1H3;1H2;/q;;;;+2/p-2. The number of carbonyl (C=O) groups excluding carboxylic acids is 1. The van der Waals surface area contributed by atoms with Gasteiger partial charge in [-0.25, -0.2) is 0 Å². The molecule has 0 spiro atoms. The van der Waals surface area contributed by atoms with Crippen LogP contribution < -0.4 is 5.11 Å². The van der Waals surface area contributed by atoms with E-state index in [9.17, 15) is 9.90 Å². The predicted octanol–water partition coefficient (Wildman–Crippen LogP) is 5.38. The Morgan fingerprint density at radius 3 is 1.58 bits per heavy atom. The fraction of sp³-hybridized carbons (Fsp3) is 0.850. The van der Waals surface area contributed by atoms with Crippen LogP contribution in [-0.2, 0) is 4.79 Å². The Morgan fingerprint density at radius 1 is 0.792 bits per heavy atom. The molecule has 24 heavy (non-hydrogen) atoms. The minimum atomic E-state index is -0.914. The van der Waals surface area contributed by atoms with Gasteiger partial charge in [0, 0.05) is 5.97 Å². The van der Waals surface area contributed by atoms with Crippen LogP contribution in [0.3, 0.4) is 0 Å². The number of allylic oxidation sites excluding steroid dienone is 2. The van der Waals surface area contributed by atoms with Crippen molar-refractivity contribution in [1.29, 1.82) is 0 Å². The van der Waals surface area contributed by atoms with Gasteiger partial charge < -0.3 is 15.4 Å². The third-order valence-corrected chi connectivity index (χ3v) is 3.64. The van der Waals surface area contributed by atoms with Gasteiger partial charge in [0.25, 0.3) is 0 Å². The Balaban J connectivity index is -0.00000102. The van der Waals surface area contributed by atoms with Crippen LogP contribution in [0.2, 0.25) is 9.88 Å². The van der Waals surface area contributed by atoms with Gasteiger partial charge in [0.1, 0.15) is 0 Å². The van der Waals surface area contributed by atoms with Crippen LogP contribution in [0.15, 0.2) is 12.2 Å². The maximum Gasteiger partial charge on any atom is -0.870 e. The van der Waals surface area contributed by atoms with Gasteiger partial charge in [-0.1, -0.05) is 70.4 Å². The maximum absolute atomic E-state index is 10.2. The van der Waals surface area contributed by atoms with Crippen molar-refractivity contribution in [2.75, 3.05) is 0 Å². The molecule has 3 nitrogen and oxygen atoms in total. The molecule has 0 rings (SSSR count). The number of carbonyl (C=O) groups is 1. The zero-order chi connectivity index (χ0) is 17.6. The number of hydrogen-bond donors (Lipinski definition) is 0. The summed E-state index contributed by atoms with van der Waals surface area (Å²) in [6, 6.07) is 0. The summed E-state index contributed by atoms with van der Waals surface area (Å²) in [5.41, 5.74) is 0. The zero-order valence-corrected chi connectivity index (χ0v) is 19.2. The van der Waals surface area contributed by atoms with E-state index in [0.717, 1.165) is 19.3 Å². The van der Waals surface area contributed by atoms with E-state index in [4.69, 9.17) is 0 Å². The molecule has 0 aromatic carbocycles. The van der Waals surface area contributed by atoms with Crippen molar-refractivity contribution in [3.8, 4) is 0 Å². The van der Waals surface area contributed by atoms with Crippen molar-refractivity contribution in [3.63, 3.8) is 0 Å². The maximum atomic E-state index is 10.2. The fourth-order valence-electron chi connectivity index (χ4n) is 2.34. The van der Waals surface area contributed by atoms with Gasteiger partial charge in [-0.3, -0.25) is 0 Å². The normalized spacial score (nSPS) is 9.79. The van der Waals surface area contributed by atoms with Crippen molar-refractivity contribution < 1.29 is 15.4 Å². The topological polar surface area (TPSA) is 70.1 Å². The van der Waals surface area contributed by atoms with E-state index >= 15 is 0 Å². The van der Waals surface area contributed by atoms with Crippen LogP contribution in [0.5, 0.6) is 0 Å². The number of hydrogen-bond acceptors (Lipinski definition) is 3. The zero-order valence-electron chi connectivity index (χ0n) is 16.3. The number of carboxylic acids is 1. The Bertz CT molecular complexity index is 255. The van der Waals surface area contributed by atoms with E-state index in [1.165, 1.54) is 64.2 Å². The molecule has 0 heterocycles. The molecule has 0 aliphatic carbocycles. The van der Waals surface area contributed by atoms with Gasteiger partial charge in [-0.2, -0.15) is 0 Å². The molecule has 0 aliphatic heterocycles. The molecule has 1 N–H and O–H groups in total. The van der Waals surface area contributed by atoms with Crippen LogP contribution in [0.25, 0.3) is 0 Å². The third-order valence-electron chi connectivity index (χ3n) is 3.64. The van der Waals surface area contributed by atoms with Gasteiger partial charge in [0.2, 0.25) is 0 Å². The van der Waals surface area contributed by atoms with Crippen LogP contribution in [0, 0.1) is 0 Å². The fourth-order valence-corrected chi connectivity index (χ4v) is 2.34. The summed E-state index contributed by atoms with van der Waals surface area (Å²) in [5, 5.41) is 10.2. The van der Waals surface area contributed by atoms with Crippen molar-refractivity contribution in [1.82, 2.24) is 0 Å². The van der Waals surface area contributed by atoms with Crippen LogP contribution in [0.4, 0.5) is 0 Å². The first-order valence-corrected chi connectivity index (χ1v) is 15.3. The quantitative estimate of drug-likeness (QED) is 0.192. The average Bonchev–Trinajstić information content (AvgIpc) is 2.51. The molecule has 0 saturated carbocycles. The van der Waals surface area contributed by atoms with Crippen LogP contribution in [0.1, 0.15) is 96.8 Å². The molecule has 0 aliphatic rings. The smallest absolute Gasteiger partial charge is 0.870 e. The van der Waals surface area contributed by atoms with Crippen LogP contribution in [-0.4, -0.2) is 32.6 Å². The first-order valence-electron chi connectivity index (χ1n) is 9.62. The summed E-state index contributed by atoms with van der Waals surface area (Å²) in [7, 11) is 0. The Kier molecular flexibility index (Phi) is 33.3. The third kappa shape index (κ3) is 33.5. The molecule has 0 atom stereocenters. The summed E-state index contributed by atoms with van der Waals surface area (Å²) >= 11 is 0.230. The van der Waals surface area contributed by atoms with Crippen molar-refractivity contribution in [2.45, 2.75) is 107 Å². The molecular formula is C20H40O3Sn. The molecule has 0 unspecified atom stereocenters. The minimum absolute atomic E-state index is 0. The molecule has 4 heteroatoms. The van der Waals surface area contributed by atoms with Crippen molar-refractivity contribution in [3.05, 3.63) is 12.2 Å². The summed E-state index contributed by atoms with van der Waals surface area (Å²) < 4.78 is 0. The number of carboxylic acid groups (broad SMARTS) is 1. The van der Waals surface area contributed by atoms with E-state index in [1.807, 2.05) is 0 Å². The molecule has 0 amide bonds. The van der Waals surface area contributed by atoms with E-state index in [1.54, 1.807) is 0 Å². The number of rotatable bonds is 15. The first kappa shape index (κ1) is 28.8. The van der Waals surface area contributed by atoms with E-state index in [2.05, 4.69) is 29.0 Å². The molecule has 142 valence electrons. The summed E-state index contributed by atoms with van der Waals surface area (Å²) in [5.74, 6) is -0.914. The second-order valence-corrected chi connectivity index (χ2v) is 9.06. The molecule has 0 aromatic heterocycles. The average molecular weight is 447 g/mol. The molecule has 0 bridgehead atoms. The predicted molar refractivity (Wildman–Crippen MR) is 104 cm³/mol. The van der Waals surface area contributed by atoms with Crippen LogP contribution >= 0.6 is 0 Å². The van der Waals surface area contributed by atoms with Crippen molar-refractivity contribution >= 4 is 27.1 Å². The summed E-state index contributed by atoms with van der Waals surface area (Å²) in [6.07, 6.45) is 20.9. The SMILES string of the molecule is CCCCCCCCC=CCCCCCCCC(=O)[O-].[CH3][Sn+2][CH3].[OH-]. The molecule has 0 aromatic rings. The van der Waals surface area contributed by atoms with Gasteiger partial charge in [0.15, 0.2) is 0 Å². The molecule has 0 radical (unpaired) electrons. The molecule has 0 fully saturated rings. The number of unbranched alkanes of at least 4 members (excludes halogenated alkanes) is 11. The second kappa shape index (κ2) is 27.8. The molecular weight excluding hydrogens is 407 g/mol. The monoisotopic (exact) mass is 448 g/mol. The van der Waals surface area contributed by atoms with Gasteiger partial charge in [-0.05, 0) is 38.5 Å². The van der Waals surface area contributed by atoms with E-state index in [0.29, 0.717) is 0 Å². The van der Waals surface area contributed by atoms with E-state index < -0.39 is 5.97 Å². The summed E-state index contributed by atoms with van der Waals surface area (Å²) in [4.78, 5) is 14.8. The molecule has 0 saturated heterocycles. The Hall–Kier alpha value is -0.0313. The van der Waals surface area contributed by atoms with Gasteiger partial charge in [0.05, 0.1) is 0 Å².